The summed E-state index contributed by atoms with van der Waals surface area (Å²) in [6, 6.07) is 7.43. The molecule has 3 nitrogen and oxygen atoms in total. The summed E-state index contributed by atoms with van der Waals surface area (Å²) in [5.41, 5.74) is 1.80. The Labute approximate surface area is 107 Å². The summed E-state index contributed by atoms with van der Waals surface area (Å²) in [7, 11) is 0. The van der Waals surface area contributed by atoms with Gasteiger partial charge in [0.2, 0.25) is 0 Å². The Morgan fingerprint density at radius 1 is 1.53 bits per heavy atom. The molecule has 1 aromatic carbocycles. The lowest BCUT2D eigenvalue weighted by Gasteiger charge is -2.14. The highest BCUT2D eigenvalue weighted by Crippen LogP contribution is 2.11. The third-order valence-electron chi connectivity index (χ3n) is 2.55. The van der Waals surface area contributed by atoms with Crippen LogP contribution in [0.3, 0.4) is 0 Å². The maximum Gasteiger partial charge on any atom is 0.251 e. The fraction of sp³-hybridized carbons (Fsp3) is 0.462. The average Bonchev–Trinajstić information content (AvgIpc) is 2.36. The zero-order chi connectivity index (χ0) is 12.7. The van der Waals surface area contributed by atoms with E-state index in [1.165, 1.54) is 0 Å². The second-order valence-electron chi connectivity index (χ2n) is 3.89. The van der Waals surface area contributed by atoms with Crippen molar-refractivity contribution in [1.82, 2.24) is 5.32 Å². The molecule has 0 unspecified atom stereocenters. The van der Waals surface area contributed by atoms with Crippen LogP contribution in [0.25, 0.3) is 0 Å². The minimum atomic E-state index is -0.160. The Morgan fingerprint density at radius 2 is 2.29 bits per heavy atom. The van der Waals surface area contributed by atoms with E-state index in [1.54, 1.807) is 17.8 Å². The van der Waals surface area contributed by atoms with Gasteiger partial charge in [0.15, 0.2) is 0 Å². The molecule has 0 bridgehead atoms. The zero-order valence-corrected chi connectivity index (χ0v) is 11.1. The van der Waals surface area contributed by atoms with Crippen LogP contribution in [-0.2, 0) is 5.75 Å². The molecule has 4 heteroatoms. The van der Waals surface area contributed by atoms with Gasteiger partial charge in [0.1, 0.15) is 0 Å². The van der Waals surface area contributed by atoms with E-state index in [9.17, 15) is 4.79 Å². The molecule has 0 fully saturated rings. The molecule has 0 radical (unpaired) electrons. The van der Waals surface area contributed by atoms with Gasteiger partial charge in [0.05, 0.1) is 12.6 Å². The van der Waals surface area contributed by atoms with Crippen LogP contribution in [0.15, 0.2) is 24.3 Å². The summed E-state index contributed by atoms with van der Waals surface area (Å²) in [5, 5.41) is 11.8. The number of carbonyl (C=O) groups is 1. The molecule has 1 amide bonds. The monoisotopic (exact) mass is 253 g/mol. The lowest BCUT2D eigenvalue weighted by molar-refractivity contribution is 0.0915. The number of thioether (sulfide) groups is 1. The molecule has 17 heavy (non-hydrogen) atoms. The highest BCUT2D eigenvalue weighted by atomic mass is 32.2. The van der Waals surface area contributed by atoms with Gasteiger partial charge >= 0.3 is 0 Å². The van der Waals surface area contributed by atoms with Gasteiger partial charge in [-0.05, 0) is 30.4 Å². The molecule has 0 heterocycles. The van der Waals surface area contributed by atoms with Gasteiger partial charge in [-0.25, -0.2) is 0 Å². The molecule has 94 valence electrons. The van der Waals surface area contributed by atoms with Crippen molar-refractivity contribution in [2.24, 2.45) is 0 Å². The zero-order valence-electron chi connectivity index (χ0n) is 10.3. The normalized spacial score (nSPS) is 12.2. The summed E-state index contributed by atoms with van der Waals surface area (Å²) in [5.74, 6) is 0.784. The van der Waals surface area contributed by atoms with Gasteiger partial charge in [-0.1, -0.05) is 19.1 Å². The Balaban J connectivity index is 2.71. The van der Waals surface area contributed by atoms with Crippen molar-refractivity contribution in [1.29, 1.82) is 0 Å². The Morgan fingerprint density at radius 3 is 2.88 bits per heavy atom. The second kappa shape index (κ2) is 7.35. The van der Waals surface area contributed by atoms with E-state index in [0.717, 1.165) is 17.7 Å². The van der Waals surface area contributed by atoms with Crippen molar-refractivity contribution >= 4 is 17.7 Å². The van der Waals surface area contributed by atoms with Crippen molar-refractivity contribution in [2.75, 3.05) is 12.9 Å². The van der Waals surface area contributed by atoms with Crippen molar-refractivity contribution in [3.63, 3.8) is 0 Å². The molecule has 1 rings (SSSR count). The first kappa shape index (κ1) is 14.1. The van der Waals surface area contributed by atoms with Crippen LogP contribution in [0.4, 0.5) is 0 Å². The summed E-state index contributed by atoms with van der Waals surface area (Å²) in [4.78, 5) is 11.9. The van der Waals surface area contributed by atoms with Gasteiger partial charge < -0.3 is 10.4 Å². The number of nitrogens with one attached hydrogen (secondary N) is 1. The number of benzene rings is 1. The number of aliphatic hydroxyl groups excluding tert-OH is 1. The minimum absolute atomic E-state index is 0.0211. The van der Waals surface area contributed by atoms with Crippen molar-refractivity contribution in [2.45, 2.75) is 25.1 Å². The lowest BCUT2D eigenvalue weighted by Crippen LogP contribution is -2.36. The van der Waals surface area contributed by atoms with Crippen LogP contribution in [0.2, 0.25) is 0 Å². The van der Waals surface area contributed by atoms with Crippen molar-refractivity contribution in [3.8, 4) is 0 Å². The molecule has 1 aromatic rings. The highest BCUT2D eigenvalue weighted by Gasteiger charge is 2.11. The van der Waals surface area contributed by atoms with Crippen LogP contribution < -0.4 is 5.32 Å². The first-order valence-electron chi connectivity index (χ1n) is 5.70. The number of hydrogen-bond acceptors (Lipinski definition) is 3. The molecule has 0 aromatic heterocycles. The fourth-order valence-corrected chi connectivity index (χ4v) is 2.03. The maximum atomic E-state index is 11.9. The van der Waals surface area contributed by atoms with E-state index in [2.05, 4.69) is 5.32 Å². The topological polar surface area (TPSA) is 49.3 Å². The van der Waals surface area contributed by atoms with E-state index >= 15 is 0 Å². The second-order valence-corrected chi connectivity index (χ2v) is 4.76. The van der Waals surface area contributed by atoms with Crippen LogP contribution in [0.5, 0.6) is 0 Å². The molecular weight excluding hydrogens is 234 g/mol. The van der Waals surface area contributed by atoms with E-state index in [0.29, 0.717) is 5.56 Å². The molecule has 0 saturated carbocycles. The van der Waals surface area contributed by atoms with E-state index in [-0.39, 0.29) is 18.6 Å². The van der Waals surface area contributed by atoms with Gasteiger partial charge in [-0.2, -0.15) is 11.8 Å². The smallest absolute Gasteiger partial charge is 0.251 e. The number of hydrogen-bond donors (Lipinski definition) is 2. The predicted molar refractivity (Wildman–Crippen MR) is 72.3 cm³/mol. The van der Waals surface area contributed by atoms with E-state index in [1.807, 2.05) is 31.4 Å². The maximum absolute atomic E-state index is 11.9. The molecule has 1 atom stereocenters. The van der Waals surface area contributed by atoms with E-state index < -0.39 is 0 Å². The largest absolute Gasteiger partial charge is 0.394 e. The Hall–Kier alpha value is -1.00. The molecule has 0 aliphatic carbocycles. The van der Waals surface area contributed by atoms with Gasteiger partial charge in [0, 0.05) is 11.3 Å². The Bertz CT molecular complexity index is 364. The molecule has 2 N–H and O–H groups in total. The highest BCUT2D eigenvalue weighted by molar-refractivity contribution is 7.97. The molecule has 0 spiro atoms. The first-order valence-corrected chi connectivity index (χ1v) is 7.10. The third kappa shape index (κ3) is 4.40. The molecule has 0 aliphatic rings. The van der Waals surface area contributed by atoms with Crippen molar-refractivity contribution in [3.05, 3.63) is 35.4 Å². The van der Waals surface area contributed by atoms with Crippen LogP contribution in [-0.4, -0.2) is 29.9 Å². The van der Waals surface area contributed by atoms with Crippen LogP contribution >= 0.6 is 11.8 Å². The standard InChI is InChI=1S/C13H19NO2S/c1-3-12(8-15)14-13(16)11-6-4-5-10(7-11)9-17-2/h4-7,12,15H,3,8-9H2,1-2H3,(H,14,16)/t12-/m0/s1. The Kier molecular flexibility index (Phi) is 6.08. The molecule has 0 saturated heterocycles. The fourth-order valence-electron chi connectivity index (χ4n) is 1.51. The summed E-state index contributed by atoms with van der Waals surface area (Å²) >= 11 is 1.73. The lowest BCUT2D eigenvalue weighted by atomic mass is 10.1. The SMILES string of the molecule is CC[C@@H](CO)NC(=O)c1cccc(CSC)c1. The quantitative estimate of drug-likeness (QED) is 0.816. The van der Waals surface area contributed by atoms with Gasteiger partial charge in [0.25, 0.3) is 5.91 Å². The van der Waals surface area contributed by atoms with Crippen LogP contribution in [0.1, 0.15) is 29.3 Å². The van der Waals surface area contributed by atoms with Crippen molar-refractivity contribution < 1.29 is 9.90 Å². The van der Waals surface area contributed by atoms with Crippen LogP contribution in [0, 0.1) is 0 Å². The third-order valence-corrected chi connectivity index (χ3v) is 3.17. The van der Waals surface area contributed by atoms with E-state index in [4.69, 9.17) is 5.11 Å². The number of rotatable bonds is 6. The number of amides is 1. The molecular formula is C13H19NO2S. The molecule has 0 aliphatic heterocycles. The summed E-state index contributed by atoms with van der Waals surface area (Å²) in [6.45, 7) is 1.91. The summed E-state index contributed by atoms with van der Waals surface area (Å²) < 4.78 is 0. The minimum Gasteiger partial charge on any atom is -0.394 e. The summed E-state index contributed by atoms with van der Waals surface area (Å²) in [6.07, 6.45) is 2.76. The number of carbonyl (C=O) groups excluding carboxylic acids is 1. The number of aliphatic hydroxyl groups is 1. The van der Waals surface area contributed by atoms with Gasteiger partial charge in [-0.15, -0.1) is 0 Å². The first-order chi connectivity index (χ1) is 8.21. The van der Waals surface area contributed by atoms with Gasteiger partial charge in [-0.3, -0.25) is 4.79 Å². The average molecular weight is 253 g/mol. The predicted octanol–water partition coefficient (Wildman–Crippen LogP) is 2.05.